The number of methoxy groups -OCH3 is 1. The van der Waals surface area contributed by atoms with Gasteiger partial charge in [0.1, 0.15) is 24.1 Å². The summed E-state index contributed by atoms with van der Waals surface area (Å²) in [6.45, 7) is 3.64. The summed E-state index contributed by atoms with van der Waals surface area (Å²) in [4.78, 5) is 22.0. The summed E-state index contributed by atoms with van der Waals surface area (Å²) in [6, 6.07) is 2.97. The fraction of sp³-hybridized carbons (Fsp3) is 0.560. The van der Waals surface area contributed by atoms with Crippen LogP contribution in [0.1, 0.15) is 73.3 Å². The fourth-order valence-corrected chi connectivity index (χ4v) is 4.29. The molecule has 2 heterocycles. The van der Waals surface area contributed by atoms with Crippen LogP contribution in [0.5, 0.6) is 0 Å². The minimum atomic E-state index is -3.37. The molecule has 1 aliphatic heterocycles. The number of ether oxygens (including phenoxy) is 3. The van der Waals surface area contributed by atoms with Crippen molar-refractivity contribution in [1.82, 2.24) is 15.3 Å². The average Bonchev–Trinajstić information content (AvgIpc) is 3.39. The lowest BCUT2D eigenvalue weighted by Gasteiger charge is -2.26. The topological polar surface area (TPSA) is 94.6 Å². The summed E-state index contributed by atoms with van der Waals surface area (Å²) < 4.78 is 73.2. The first-order chi connectivity index (χ1) is 17.5. The highest BCUT2D eigenvalue weighted by Crippen LogP contribution is 2.40. The number of amides is 1. The van der Waals surface area contributed by atoms with Crippen molar-refractivity contribution in [3.8, 4) is 0 Å². The minimum absolute atomic E-state index is 0.00398. The Bertz CT molecular complexity index is 1150. The van der Waals surface area contributed by atoms with E-state index in [1.807, 2.05) is 0 Å². The number of hydrogen-bond acceptors (Lipinski definition) is 7. The monoisotopic (exact) mass is 526 g/mol. The Hall–Kier alpha value is -2.83. The number of anilines is 1. The van der Waals surface area contributed by atoms with E-state index in [0.717, 1.165) is 6.07 Å². The van der Waals surface area contributed by atoms with Crippen LogP contribution in [0.2, 0.25) is 0 Å². The number of carbonyl (C=O) groups is 1. The van der Waals surface area contributed by atoms with Gasteiger partial charge in [-0.1, -0.05) is 18.2 Å². The van der Waals surface area contributed by atoms with Crippen molar-refractivity contribution in [3.05, 3.63) is 52.2 Å². The van der Waals surface area contributed by atoms with Crippen LogP contribution in [-0.2, 0) is 24.9 Å². The molecule has 0 spiro atoms. The molecule has 8 nitrogen and oxygen atoms in total. The van der Waals surface area contributed by atoms with E-state index in [1.54, 1.807) is 13.8 Å². The fourth-order valence-electron chi connectivity index (χ4n) is 4.29. The Kier molecular flexibility index (Phi) is 7.72. The summed E-state index contributed by atoms with van der Waals surface area (Å²) in [5.74, 6) is -4.57. The largest absolute Gasteiger partial charge is 0.365 e. The van der Waals surface area contributed by atoms with Crippen molar-refractivity contribution in [1.29, 1.82) is 0 Å². The number of nitrogens with zero attached hydrogens (tertiary/aromatic N) is 2. The Morgan fingerprint density at radius 3 is 2.51 bits per heavy atom. The summed E-state index contributed by atoms with van der Waals surface area (Å²) in [5, 5.41) is 5.75. The number of nitrogens with one attached hydrogen (secondary N) is 2. The van der Waals surface area contributed by atoms with Gasteiger partial charge in [0, 0.05) is 19.6 Å². The van der Waals surface area contributed by atoms with Crippen molar-refractivity contribution >= 4 is 11.7 Å². The highest BCUT2D eigenvalue weighted by molar-refractivity contribution is 5.83. The maximum atomic E-state index is 15.1. The molecule has 1 aromatic carbocycles. The maximum Gasteiger partial charge on any atom is 0.273 e. The molecule has 2 aromatic rings. The van der Waals surface area contributed by atoms with E-state index in [2.05, 4.69) is 20.6 Å². The number of halogens is 4. The van der Waals surface area contributed by atoms with Crippen molar-refractivity contribution in [2.75, 3.05) is 32.3 Å². The van der Waals surface area contributed by atoms with E-state index in [-0.39, 0.29) is 41.7 Å². The number of aromatic nitrogens is 2. The molecule has 2 aliphatic rings. The predicted octanol–water partition coefficient (Wildman–Crippen LogP) is 4.56. The standard InChI is InChI=1S/C25H30F4N4O4/c1-13(15-6-5-7-16(18(15)27)24(3,28)29)30-21-17(23-36-10-11-37-23)19(31-14(2)32-21)20(35-4)22(34)33-25(12-26)8-9-25/h5-7,13,20,23H,8-12H2,1-4H3,(H,33,34)(H,30,31,32)/t13-,20?/m1/s1. The second-order valence-corrected chi connectivity index (χ2v) is 9.47. The van der Waals surface area contributed by atoms with Gasteiger partial charge >= 0.3 is 0 Å². The van der Waals surface area contributed by atoms with E-state index in [4.69, 9.17) is 14.2 Å². The predicted molar refractivity (Wildman–Crippen MR) is 125 cm³/mol. The average molecular weight is 527 g/mol. The number of rotatable bonds is 10. The number of benzene rings is 1. The van der Waals surface area contributed by atoms with Gasteiger partial charge in [0.15, 0.2) is 12.4 Å². The highest BCUT2D eigenvalue weighted by atomic mass is 19.3. The molecule has 1 unspecified atom stereocenters. The van der Waals surface area contributed by atoms with Crippen molar-refractivity contribution in [2.24, 2.45) is 0 Å². The molecule has 1 aliphatic carbocycles. The molecule has 37 heavy (non-hydrogen) atoms. The number of carbonyl (C=O) groups excluding carboxylic acids is 1. The quantitative estimate of drug-likeness (QED) is 0.439. The second-order valence-electron chi connectivity index (χ2n) is 9.47. The van der Waals surface area contributed by atoms with Crippen LogP contribution in [0, 0.1) is 12.7 Å². The van der Waals surface area contributed by atoms with Gasteiger partial charge < -0.3 is 24.8 Å². The SMILES string of the molecule is COC(C(=O)NC1(CF)CC1)c1nc(C)nc(N[C@H](C)c2cccc(C(C)(F)F)c2F)c1C1OCCO1. The molecular formula is C25H30F4N4O4. The molecule has 1 saturated carbocycles. The first-order valence-corrected chi connectivity index (χ1v) is 12.0. The van der Waals surface area contributed by atoms with E-state index < -0.39 is 53.9 Å². The Morgan fingerprint density at radius 1 is 1.27 bits per heavy atom. The normalized spacial score (nSPS) is 18.9. The molecule has 0 bridgehead atoms. The van der Waals surface area contributed by atoms with Gasteiger partial charge in [-0.25, -0.2) is 27.5 Å². The van der Waals surface area contributed by atoms with Crippen LogP contribution in [0.15, 0.2) is 18.2 Å². The first-order valence-electron chi connectivity index (χ1n) is 12.0. The Morgan fingerprint density at radius 2 is 1.95 bits per heavy atom. The molecule has 12 heteroatoms. The van der Waals surface area contributed by atoms with Gasteiger partial charge in [0.2, 0.25) is 0 Å². The molecule has 1 amide bonds. The molecular weight excluding hydrogens is 496 g/mol. The highest BCUT2D eigenvalue weighted by Gasteiger charge is 2.46. The van der Waals surface area contributed by atoms with Gasteiger partial charge in [-0.15, -0.1) is 0 Å². The van der Waals surface area contributed by atoms with Crippen LogP contribution < -0.4 is 10.6 Å². The third-order valence-corrected chi connectivity index (χ3v) is 6.49. The molecule has 2 fully saturated rings. The van der Waals surface area contributed by atoms with Gasteiger partial charge in [-0.2, -0.15) is 0 Å². The van der Waals surface area contributed by atoms with Gasteiger partial charge in [-0.3, -0.25) is 4.79 Å². The van der Waals surface area contributed by atoms with E-state index >= 15 is 4.39 Å². The Labute approximate surface area is 212 Å². The molecule has 1 aromatic heterocycles. The van der Waals surface area contributed by atoms with E-state index in [9.17, 15) is 18.0 Å². The lowest BCUT2D eigenvalue weighted by atomic mass is 10.00. The second kappa shape index (κ2) is 10.5. The summed E-state index contributed by atoms with van der Waals surface area (Å²) in [6.07, 6.45) is -1.18. The van der Waals surface area contributed by atoms with E-state index in [1.165, 1.54) is 19.2 Å². The third kappa shape index (κ3) is 5.70. The number of alkyl halides is 3. The lowest BCUT2D eigenvalue weighted by Crippen LogP contribution is -2.42. The lowest BCUT2D eigenvalue weighted by molar-refractivity contribution is -0.133. The summed E-state index contributed by atoms with van der Waals surface area (Å²) >= 11 is 0. The smallest absolute Gasteiger partial charge is 0.273 e. The van der Waals surface area contributed by atoms with Gasteiger partial charge in [0.25, 0.3) is 11.8 Å². The first kappa shape index (κ1) is 27.2. The van der Waals surface area contributed by atoms with Crippen LogP contribution >= 0.6 is 0 Å². The zero-order valence-electron chi connectivity index (χ0n) is 21.0. The molecule has 202 valence electrons. The Balaban J connectivity index is 1.73. The number of aryl methyl sites for hydroxylation is 1. The number of hydrogen-bond donors (Lipinski definition) is 2. The summed E-state index contributed by atoms with van der Waals surface area (Å²) in [7, 11) is 1.32. The van der Waals surface area contributed by atoms with Crippen LogP contribution in [0.25, 0.3) is 0 Å². The van der Waals surface area contributed by atoms with Crippen molar-refractivity contribution in [3.63, 3.8) is 0 Å². The van der Waals surface area contributed by atoms with Crippen LogP contribution in [-0.4, -0.2) is 48.4 Å². The zero-order valence-corrected chi connectivity index (χ0v) is 21.0. The summed E-state index contributed by atoms with van der Waals surface area (Å²) in [5.41, 5.74) is -1.25. The molecule has 0 radical (unpaired) electrons. The van der Waals surface area contributed by atoms with Crippen LogP contribution in [0.4, 0.5) is 23.4 Å². The van der Waals surface area contributed by atoms with E-state index in [0.29, 0.717) is 19.8 Å². The minimum Gasteiger partial charge on any atom is -0.365 e. The third-order valence-electron chi connectivity index (χ3n) is 6.49. The van der Waals surface area contributed by atoms with Crippen LogP contribution in [0.3, 0.4) is 0 Å². The maximum absolute atomic E-state index is 15.1. The molecule has 2 N–H and O–H groups in total. The molecule has 1 saturated heterocycles. The van der Waals surface area contributed by atoms with Crippen molar-refractivity contribution < 1.29 is 36.6 Å². The zero-order chi connectivity index (χ0) is 27.0. The molecule has 2 atom stereocenters. The van der Waals surface area contributed by atoms with Crippen molar-refractivity contribution in [2.45, 2.75) is 63.5 Å². The van der Waals surface area contributed by atoms with Gasteiger partial charge in [-0.05, 0) is 26.7 Å². The van der Waals surface area contributed by atoms with Gasteiger partial charge in [0.05, 0.1) is 41.6 Å². The molecule has 4 rings (SSSR count).